The number of hydrogen-bond acceptors (Lipinski definition) is 5. The minimum atomic E-state index is 0.173. The summed E-state index contributed by atoms with van der Waals surface area (Å²) >= 11 is 0. The third-order valence-corrected chi connectivity index (χ3v) is 2.93. The molecule has 6 nitrogen and oxygen atoms in total. The van der Waals surface area contributed by atoms with E-state index in [9.17, 15) is 0 Å². The number of rotatable bonds is 7. The van der Waals surface area contributed by atoms with Gasteiger partial charge in [-0.2, -0.15) is 0 Å². The van der Waals surface area contributed by atoms with Crippen LogP contribution in [0.1, 0.15) is 30.6 Å². The van der Waals surface area contributed by atoms with Crippen molar-refractivity contribution in [1.29, 1.82) is 0 Å². The van der Waals surface area contributed by atoms with Crippen LogP contribution in [0.2, 0.25) is 0 Å². The summed E-state index contributed by atoms with van der Waals surface area (Å²) in [6, 6.07) is 4.23. The van der Waals surface area contributed by atoms with Gasteiger partial charge in [0.2, 0.25) is 0 Å². The summed E-state index contributed by atoms with van der Waals surface area (Å²) in [4.78, 5) is 4.00. The average Bonchev–Trinajstić information content (AvgIpc) is 2.91. The highest BCUT2D eigenvalue weighted by Crippen LogP contribution is 2.10. The second-order valence-electron chi connectivity index (χ2n) is 4.43. The monoisotopic (exact) mass is 261 g/mol. The van der Waals surface area contributed by atoms with Gasteiger partial charge in [0.15, 0.2) is 0 Å². The van der Waals surface area contributed by atoms with Crippen LogP contribution in [0.15, 0.2) is 30.7 Å². The highest BCUT2D eigenvalue weighted by molar-refractivity contribution is 5.14. The van der Waals surface area contributed by atoms with Crippen molar-refractivity contribution in [3.8, 4) is 0 Å². The van der Waals surface area contributed by atoms with Gasteiger partial charge >= 0.3 is 0 Å². The van der Waals surface area contributed by atoms with Gasteiger partial charge in [-0.15, -0.1) is 5.10 Å². The van der Waals surface area contributed by atoms with Gasteiger partial charge in [-0.3, -0.25) is 9.67 Å². The molecule has 0 aromatic carbocycles. The first-order valence-corrected chi connectivity index (χ1v) is 6.43. The average molecular weight is 261 g/mol. The molecule has 0 saturated carbocycles. The van der Waals surface area contributed by atoms with E-state index in [0.29, 0.717) is 19.5 Å². The molecule has 102 valence electrons. The zero-order valence-electron chi connectivity index (χ0n) is 11.0. The molecule has 0 spiro atoms. The zero-order chi connectivity index (χ0) is 13.5. The molecule has 0 bridgehead atoms. The minimum absolute atomic E-state index is 0.173. The molecule has 19 heavy (non-hydrogen) atoms. The summed E-state index contributed by atoms with van der Waals surface area (Å²) in [5, 5.41) is 20.3. The molecule has 0 amide bonds. The van der Waals surface area contributed by atoms with Crippen LogP contribution in [0.3, 0.4) is 0 Å². The maximum Gasteiger partial charge on any atom is 0.0965 e. The summed E-state index contributed by atoms with van der Waals surface area (Å²) in [5.74, 6) is 0. The standard InChI is InChI=1S/C13H19N5O/c1-11(12-3-5-14-6-4-12)15-9-13-10-18(17-16-13)7-2-8-19/h3-6,10-11,15,19H,2,7-9H2,1H3/t11-/m0/s1. The molecule has 0 unspecified atom stereocenters. The van der Waals surface area contributed by atoms with Crippen LogP contribution >= 0.6 is 0 Å². The fraction of sp³-hybridized carbons (Fsp3) is 0.462. The van der Waals surface area contributed by atoms with Crippen molar-refractivity contribution in [2.24, 2.45) is 0 Å². The van der Waals surface area contributed by atoms with Crippen LogP contribution in [0.5, 0.6) is 0 Å². The van der Waals surface area contributed by atoms with Crippen molar-refractivity contribution in [3.63, 3.8) is 0 Å². The van der Waals surface area contributed by atoms with E-state index in [2.05, 4.69) is 27.5 Å². The second kappa shape index (κ2) is 6.96. The smallest absolute Gasteiger partial charge is 0.0965 e. The molecule has 0 aliphatic carbocycles. The van der Waals surface area contributed by atoms with Crippen LogP contribution in [0.25, 0.3) is 0 Å². The molecule has 0 aliphatic rings. The van der Waals surface area contributed by atoms with Gasteiger partial charge in [-0.1, -0.05) is 5.21 Å². The number of hydrogen-bond donors (Lipinski definition) is 2. The second-order valence-corrected chi connectivity index (χ2v) is 4.43. The maximum absolute atomic E-state index is 8.76. The van der Waals surface area contributed by atoms with Crippen LogP contribution in [-0.4, -0.2) is 31.7 Å². The van der Waals surface area contributed by atoms with Crippen molar-refractivity contribution >= 4 is 0 Å². The lowest BCUT2D eigenvalue weighted by Crippen LogP contribution is -2.18. The third-order valence-electron chi connectivity index (χ3n) is 2.93. The lowest BCUT2D eigenvalue weighted by atomic mass is 10.1. The van der Waals surface area contributed by atoms with Gasteiger partial charge in [0, 0.05) is 44.3 Å². The number of pyridine rings is 1. The van der Waals surface area contributed by atoms with Crippen molar-refractivity contribution in [2.75, 3.05) is 6.61 Å². The topological polar surface area (TPSA) is 75.9 Å². The summed E-state index contributed by atoms with van der Waals surface area (Å²) in [6.45, 7) is 3.64. The highest BCUT2D eigenvalue weighted by atomic mass is 16.3. The van der Waals surface area contributed by atoms with Gasteiger partial charge in [0.05, 0.1) is 5.69 Å². The number of nitrogens with zero attached hydrogens (tertiary/aromatic N) is 4. The first kappa shape index (κ1) is 13.6. The Morgan fingerprint density at radius 2 is 2.16 bits per heavy atom. The van der Waals surface area contributed by atoms with Crippen molar-refractivity contribution in [1.82, 2.24) is 25.3 Å². The van der Waals surface area contributed by atoms with E-state index in [4.69, 9.17) is 5.11 Å². The predicted octanol–water partition coefficient (Wildman–Crippen LogP) is 0.906. The highest BCUT2D eigenvalue weighted by Gasteiger charge is 2.06. The van der Waals surface area contributed by atoms with Crippen LogP contribution < -0.4 is 5.32 Å². The first-order valence-electron chi connectivity index (χ1n) is 6.43. The number of aliphatic hydroxyl groups is 1. The molecule has 2 N–H and O–H groups in total. The van der Waals surface area contributed by atoms with Gasteiger partial charge in [0.25, 0.3) is 0 Å². The van der Waals surface area contributed by atoms with Crippen LogP contribution in [0.4, 0.5) is 0 Å². The van der Waals surface area contributed by atoms with Crippen LogP contribution in [-0.2, 0) is 13.1 Å². The molecule has 0 radical (unpaired) electrons. The maximum atomic E-state index is 8.76. The molecule has 0 aliphatic heterocycles. The Balaban J connectivity index is 1.83. The molecule has 2 aromatic rings. The van der Waals surface area contributed by atoms with Crippen molar-refractivity contribution < 1.29 is 5.11 Å². The Labute approximate surface area is 112 Å². The quantitative estimate of drug-likeness (QED) is 0.774. The molecule has 6 heteroatoms. The molecule has 0 saturated heterocycles. The van der Waals surface area contributed by atoms with Crippen molar-refractivity contribution in [3.05, 3.63) is 42.0 Å². The summed E-state index contributed by atoms with van der Waals surface area (Å²) in [5.41, 5.74) is 2.10. The van der Waals surface area contributed by atoms with Crippen LogP contribution in [0, 0.1) is 0 Å². The summed E-state index contributed by atoms with van der Waals surface area (Å²) in [7, 11) is 0. The summed E-state index contributed by atoms with van der Waals surface area (Å²) < 4.78 is 1.75. The van der Waals surface area contributed by atoms with Gasteiger partial charge in [-0.25, -0.2) is 0 Å². The van der Waals surface area contributed by atoms with E-state index < -0.39 is 0 Å². The largest absolute Gasteiger partial charge is 0.396 e. The van der Waals surface area contributed by atoms with Gasteiger partial charge in [0.1, 0.15) is 0 Å². The van der Waals surface area contributed by atoms with E-state index in [-0.39, 0.29) is 12.6 Å². The summed E-state index contributed by atoms with van der Waals surface area (Å²) in [6.07, 6.45) is 6.18. The van der Waals surface area contributed by atoms with E-state index in [1.807, 2.05) is 18.3 Å². The van der Waals surface area contributed by atoms with E-state index >= 15 is 0 Å². The predicted molar refractivity (Wildman–Crippen MR) is 71.2 cm³/mol. The molecule has 2 heterocycles. The Morgan fingerprint density at radius 1 is 1.37 bits per heavy atom. The van der Waals surface area contributed by atoms with Crippen molar-refractivity contribution in [2.45, 2.75) is 32.5 Å². The molecular weight excluding hydrogens is 242 g/mol. The Morgan fingerprint density at radius 3 is 2.89 bits per heavy atom. The van der Waals surface area contributed by atoms with Gasteiger partial charge < -0.3 is 10.4 Å². The Hall–Kier alpha value is -1.79. The SMILES string of the molecule is C[C@H](NCc1cn(CCCO)nn1)c1ccncc1. The van der Waals surface area contributed by atoms with E-state index in [0.717, 1.165) is 5.69 Å². The number of aromatic nitrogens is 4. The lowest BCUT2D eigenvalue weighted by molar-refractivity contribution is 0.276. The number of aryl methyl sites for hydroxylation is 1. The van der Waals surface area contributed by atoms with Gasteiger partial charge in [-0.05, 0) is 31.0 Å². The fourth-order valence-electron chi connectivity index (χ4n) is 1.79. The minimum Gasteiger partial charge on any atom is -0.396 e. The lowest BCUT2D eigenvalue weighted by Gasteiger charge is -2.12. The number of aliphatic hydroxyl groups excluding tert-OH is 1. The fourth-order valence-corrected chi connectivity index (χ4v) is 1.79. The van der Waals surface area contributed by atoms with E-state index in [1.54, 1.807) is 17.1 Å². The molecular formula is C13H19N5O. The zero-order valence-corrected chi connectivity index (χ0v) is 11.0. The first-order chi connectivity index (χ1) is 9.29. The third kappa shape index (κ3) is 4.11. The van der Waals surface area contributed by atoms with E-state index in [1.165, 1.54) is 5.56 Å². The molecule has 1 atom stereocenters. The number of nitrogens with one attached hydrogen (secondary N) is 1. The molecule has 2 rings (SSSR count). The normalized spacial score (nSPS) is 12.5. The Kier molecular flexibility index (Phi) is 5.00. The molecule has 2 aromatic heterocycles. The Bertz CT molecular complexity index is 485. The molecule has 0 fully saturated rings.